The van der Waals surface area contributed by atoms with Crippen molar-refractivity contribution >= 4 is 34.3 Å². The summed E-state index contributed by atoms with van der Waals surface area (Å²) in [5, 5.41) is 5.11. The summed E-state index contributed by atoms with van der Waals surface area (Å²) in [7, 11) is 0. The molecule has 1 aromatic carbocycles. The fourth-order valence-electron chi connectivity index (χ4n) is 3.56. The van der Waals surface area contributed by atoms with Gasteiger partial charge in [0.2, 0.25) is 0 Å². The van der Waals surface area contributed by atoms with Crippen molar-refractivity contribution in [2.45, 2.75) is 12.8 Å². The second-order valence-corrected chi connectivity index (χ2v) is 8.18. The van der Waals surface area contributed by atoms with Crippen molar-refractivity contribution in [2.24, 2.45) is 11.7 Å². The highest BCUT2D eigenvalue weighted by atomic mass is 32.1. The average Bonchev–Trinajstić information content (AvgIpc) is 3.25. The maximum Gasteiger partial charge on any atom is 0.275 e. The van der Waals surface area contributed by atoms with Gasteiger partial charge in [-0.3, -0.25) is 9.78 Å². The van der Waals surface area contributed by atoms with Crippen LogP contribution in [0.1, 0.15) is 23.3 Å². The number of halogens is 1. The lowest BCUT2D eigenvalue weighted by Gasteiger charge is -2.34. The normalized spacial score (nSPS) is 14.7. The molecular weight excluding hydrogens is 403 g/mol. The smallest absolute Gasteiger partial charge is 0.275 e. The van der Waals surface area contributed by atoms with E-state index in [-0.39, 0.29) is 11.6 Å². The van der Waals surface area contributed by atoms with E-state index in [0.29, 0.717) is 34.4 Å². The minimum atomic E-state index is -0.448. The van der Waals surface area contributed by atoms with E-state index in [9.17, 15) is 9.18 Å². The molecular formula is C21H23FN6OS. The van der Waals surface area contributed by atoms with Gasteiger partial charge in [-0.1, -0.05) is 0 Å². The number of carbonyl (C=O) groups is 1. The van der Waals surface area contributed by atoms with Gasteiger partial charge in [-0.05, 0) is 49.6 Å². The van der Waals surface area contributed by atoms with E-state index in [1.165, 1.54) is 23.6 Å². The van der Waals surface area contributed by atoms with Gasteiger partial charge in [0.15, 0.2) is 0 Å². The predicted octanol–water partition coefficient (Wildman–Crippen LogP) is 3.35. The summed E-state index contributed by atoms with van der Waals surface area (Å²) in [4.78, 5) is 23.3. The van der Waals surface area contributed by atoms with Crippen molar-refractivity contribution in [2.75, 3.05) is 35.6 Å². The van der Waals surface area contributed by atoms with Gasteiger partial charge in [0.05, 0.1) is 17.6 Å². The van der Waals surface area contributed by atoms with Crippen LogP contribution < -0.4 is 21.7 Å². The quantitative estimate of drug-likeness (QED) is 0.540. The molecule has 1 fully saturated rings. The van der Waals surface area contributed by atoms with Crippen LogP contribution in [0.5, 0.6) is 0 Å². The Hall–Kier alpha value is -3.04. The zero-order valence-electron chi connectivity index (χ0n) is 16.3. The number of nitrogens with one attached hydrogen (secondary N) is 1. The van der Waals surface area contributed by atoms with E-state index in [2.05, 4.69) is 20.2 Å². The second kappa shape index (κ2) is 8.76. The van der Waals surface area contributed by atoms with Crippen molar-refractivity contribution in [1.82, 2.24) is 9.97 Å². The first-order valence-corrected chi connectivity index (χ1v) is 10.6. The van der Waals surface area contributed by atoms with Crippen LogP contribution in [0.3, 0.4) is 0 Å². The van der Waals surface area contributed by atoms with E-state index >= 15 is 0 Å². The zero-order valence-corrected chi connectivity index (χ0v) is 17.2. The first-order valence-electron chi connectivity index (χ1n) is 9.76. The highest BCUT2D eigenvalue weighted by Gasteiger charge is 2.22. The Morgan fingerprint density at radius 2 is 2.07 bits per heavy atom. The first-order chi connectivity index (χ1) is 14.5. The number of rotatable bonds is 5. The third-order valence-corrected chi connectivity index (χ3v) is 6.14. The monoisotopic (exact) mass is 426 g/mol. The van der Waals surface area contributed by atoms with Gasteiger partial charge in [0, 0.05) is 35.9 Å². The first kappa shape index (κ1) is 20.2. The molecule has 9 heteroatoms. The molecule has 156 valence electrons. The molecule has 0 radical (unpaired) electrons. The van der Waals surface area contributed by atoms with E-state index in [1.54, 1.807) is 11.4 Å². The van der Waals surface area contributed by atoms with Crippen molar-refractivity contribution < 1.29 is 9.18 Å². The van der Waals surface area contributed by atoms with Crippen LogP contribution in [-0.4, -0.2) is 35.5 Å². The fraction of sp³-hybridized carbons (Fsp3) is 0.286. The van der Waals surface area contributed by atoms with Gasteiger partial charge in [-0.2, -0.15) is 0 Å². The lowest BCUT2D eigenvalue weighted by atomic mass is 9.96. The Kier molecular flexibility index (Phi) is 5.91. The number of nitrogens with two attached hydrogens (primary N) is 2. The number of nitrogens with zero attached hydrogens (tertiary/aromatic N) is 3. The van der Waals surface area contributed by atoms with Crippen molar-refractivity contribution in [3.63, 3.8) is 0 Å². The average molecular weight is 427 g/mol. The number of carbonyl (C=O) groups excluding carboxylic acids is 1. The molecule has 5 N–H and O–H groups in total. The molecule has 3 aromatic rings. The number of hydrogen-bond donors (Lipinski definition) is 3. The highest BCUT2D eigenvalue weighted by Crippen LogP contribution is 2.32. The van der Waals surface area contributed by atoms with Crippen LogP contribution >= 0.6 is 11.3 Å². The SMILES string of the molecule is NCC1CCN(c2ccc(N)cc2NC(=O)c2csc(-c3cncc(F)c3)n2)CC1. The van der Waals surface area contributed by atoms with E-state index in [0.717, 1.165) is 37.8 Å². The molecule has 1 aliphatic heterocycles. The Bertz CT molecular complexity index is 1050. The third kappa shape index (κ3) is 4.42. The Morgan fingerprint density at radius 1 is 1.27 bits per heavy atom. The van der Waals surface area contributed by atoms with Crippen molar-refractivity contribution in [3.05, 3.63) is 53.6 Å². The number of nitrogen functional groups attached to an aromatic ring is 1. The van der Waals surface area contributed by atoms with Crippen LogP contribution in [0.15, 0.2) is 42.0 Å². The topological polar surface area (TPSA) is 110 Å². The Labute approximate surface area is 177 Å². The van der Waals surface area contributed by atoms with Crippen LogP contribution in [0.2, 0.25) is 0 Å². The molecule has 0 saturated carbocycles. The van der Waals surface area contributed by atoms with E-state index < -0.39 is 5.82 Å². The van der Waals surface area contributed by atoms with Gasteiger partial charge in [-0.15, -0.1) is 11.3 Å². The molecule has 1 aliphatic rings. The van der Waals surface area contributed by atoms with Crippen LogP contribution in [0.25, 0.3) is 10.6 Å². The lowest BCUT2D eigenvalue weighted by Crippen LogP contribution is -2.36. The van der Waals surface area contributed by atoms with Gasteiger partial charge < -0.3 is 21.7 Å². The minimum absolute atomic E-state index is 0.259. The molecule has 0 unspecified atom stereocenters. The molecule has 3 heterocycles. The summed E-state index contributed by atoms with van der Waals surface area (Å²) < 4.78 is 13.4. The Balaban J connectivity index is 1.53. The molecule has 2 aromatic heterocycles. The number of benzene rings is 1. The number of amides is 1. The summed E-state index contributed by atoms with van der Waals surface area (Å²) in [6.45, 7) is 2.45. The molecule has 0 bridgehead atoms. The summed E-state index contributed by atoms with van der Waals surface area (Å²) in [5.74, 6) is -0.249. The summed E-state index contributed by atoms with van der Waals surface area (Å²) >= 11 is 1.26. The number of anilines is 3. The lowest BCUT2D eigenvalue weighted by molar-refractivity contribution is 0.102. The van der Waals surface area contributed by atoms with Crippen molar-refractivity contribution in [3.8, 4) is 10.6 Å². The highest BCUT2D eigenvalue weighted by molar-refractivity contribution is 7.13. The molecule has 4 rings (SSSR count). The van der Waals surface area contributed by atoms with E-state index in [4.69, 9.17) is 11.5 Å². The third-order valence-electron chi connectivity index (χ3n) is 5.25. The van der Waals surface area contributed by atoms with Gasteiger partial charge >= 0.3 is 0 Å². The van der Waals surface area contributed by atoms with E-state index in [1.807, 2.05) is 12.1 Å². The molecule has 0 aliphatic carbocycles. The maximum absolute atomic E-state index is 13.4. The predicted molar refractivity (Wildman–Crippen MR) is 118 cm³/mol. The fourth-order valence-corrected chi connectivity index (χ4v) is 4.35. The summed E-state index contributed by atoms with van der Waals surface area (Å²) in [5.41, 5.74) is 14.7. The number of pyridine rings is 1. The minimum Gasteiger partial charge on any atom is -0.399 e. The molecule has 0 spiro atoms. The summed E-state index contributed by atoms with van der Waals surface area (Å²) in [6.07, 6.45) is 4.68. The standard InChI is InChI=1S/C21H23FN6OS/c22-15-7-14(10-25-11-15)21-27-18(12-30-21)20(29)26-17-8-16(24)1-2-19(17)28-5-3-13(9-23)4-6-28/h1-2,7-8,10-13H,3-6,9,23-24H2,(H,26,29). The molecule has 1 saturated heterocycles. The number of aromatic nitrogens is 2. The maximum atomic E-state index is 13.4. The number of thiazole rings is 1. The zero-order chi connectivity index (χ0) is 21.1. The van der Waals surface area contributed by atoms with Crippen molar-refractivity contribution in [1.29, 1.82) is 0 Å². The number of piperidine rings is 1. The largest absolute Gasteiger partial charge is 0.399 e. The van der Waals surface area contributed by atoms with Crippen LogP contribution in [0, 0.1) is 11.7 Å². The molecule has 7 nitrogen and oxygen atoms in total. The molecule has 1 amide bonds. The summed E-state index contributed by atoms with van der Waals surface area (Å²) in [6, 6.07) is 6.86. The molecule has 0 atom stereocenters. The van der Waals surface area contributed by atoms with Crippen LogP contribution in [0.4, 0.5) is 21.5 Å². The van der Waals surface area contributed by atoms with Gasteiger partial charge in [-0.25, -0.2) is 9.37 Å². The number of hydrogen-bond acceptors (Lipinski definition) is 7. The Morgan fingerprint density at radius 3 is 2.80 bits per heavy atom. The van der Waals surface area contributed by atoms with Gasteiger partial charge in [0.25, 0.3) is 5.91 Å². The van der Waals surface area contributed by atoms with Gasteiger partial charge in [0.1, 0.15) is 16.5 Å². The second-order valence-electron chi connectivity index (χ2n) is 7.33. The van der Waals surface area contributed by atoms with Crippen LogP contribution in [-0.2, 0) is 0 Å². The molecule has 30 heavy (non-hydrogen) atoms.